The fourth-order valence-corrected chi connectivity index (χ4v) is 2.10. The first kappa shape index (κ1) is 13.3. The van der Waals surface area contributed by atoms with Gasteiger partial charge in [0.15, 0.2) is 0 Å². The summed E-state index contributed by atoms with van der Waals surface area (Å²) in [7, 11) is 0. The van der Waals surface area contributed by atoms with Crippen LogP contribution in [0.5, 0.6) is 0 Å². The average molecular weight is 308 g/mol. The molecule has 0 saturated heterocycles. The SMILES string of the molecule is CCC(Br)c1cn(Cc2cc(C)ccc2C)nn1. The summed E-state index contributed by atoms with van der Waals surface area (Å²) in [5.74, 6) is 0. The molecule has 1 aromatic carbocycles. The van der Waals surface area contributed by atoms with Crippen LogP contribution in [-0.2, 0) is 6.54 Å². The Balaban J connectivity index is 2.18. The van der Waals surface area contributed by atoms with E-state index in [9.17, 15) is 0 Å². The second kappa shape index (κ2) is 5.65. The maximum atomic E-state index is 4.20. The van der Waals surface area contributed by atoms with E-state index < -0.39 is 0 Å². The normalized spacial score (nSPS) is 12.7. The van der Waals surface area contributed by atoms with Crippen LogP contribution in [0.4, 0.5) is 0 Å². The Labute approximate surface area is 116 Å². The van der Waals surface area contributed by atoms with Gasteiger partial charge >= 0.3 is 0 Å². The van der Waals surface area contributed by atoms with Crippen LogP contribution in [0.2, 0.25) is 0 Å². The predicted molar refractivity (Wildman–Crippen MR) is 77.0 cm³/mol. The van der Waals surface area contributed by atoms with E-state index in [1.165, 1.54) is 16.7 Å². The summed E-state index contributed by atoms with van der Waals surface area (Å²) >= 11 is 3.59. The van der Waals surface area contributed by atoms with Crippen LogP contribution < -0.4 is 0 Å². The fraction of sp³-hybridized carbons (Fsp3) is 0.429. The van der Waals surface area contributed by atoms with E-state index in [1.807, 2.05) is 10.9 Å². The molecule has 1 heterocycles. The van der Waals surface area contributed by atoms with Crippen molar-refractivity contribution in [2.45, 2.75) is 38.6 Å². The van der Waals surface area contributed by atoms with Crippen LogP contribution in [0.1, 0.15) is 40.6 Å². The molecule has 0 aliphatic rings. The zero-order valence-corrected chi connectivity index (χ0v) is 12.6. The van der Waals surface area contributed by atoms with Crippen molar-refractivity contribution in [3.63, 3.8) is 0 Å². The standard InChI is InChI=1S/C14H18BrN3/c1-4-13(15)14-9-18(17-16-14)8-12-7-10(2)5-6-11(12)3/h5-7,9,13H,4,8H2,1-3H3. The van der Waals surface area contributed by atoms with Gasteiger partial charge in [-0.3, -0.25) is 0 Å². The van der Waals surface area contributed by atoms with E-state index in [1.54, 1.807) is 0 Å². The van der Waals surface area contributed by atoms with Gasteiger partial charge in [0.05, 0.1) is 17.1 Å². The zero-order valence-electron chi connectivity index (χ0n) is 11.0. The summed E-state index contributed by atoms with van der Waals surface area (Å²) < 4.78 is 1.90. The topological polar surface area (TPSA) is 30.7 Å². The third-order valence-corrected chi connectivity index (χ3v) is 4.19. The van der Waals surface area contributed by atoms with Gasteiger partial charge in [0.25, 0.3) is 0 Å². The van der Waals surface area contributed by atoms with Crippen LogP contribution in [-0.4, -0.2) is 15.0 Å². The van der Waals surface area contributed by atoms with Crippen LogP contribution in [0.3, 0.4) is 0 Å². The first-order chi connectivity index (χ1) is 8.60. The maximum Gasteiger partial charge on any atom is 0.0963 e. The Morgan fingerprint density at radius 2 is 2.11 bits per heavy atom. The molecule has 0 N–H and O–H groups in total. The number of rotatable bonds is 4. The molecule has 2 rings (SSSR count). The Morgan fingerprint density at radius 3 is 2.83 bits per heavy atom. The number of hydrogen-bond donors (Lipinski definition) is 0. The second-order valence-corrected chi connectivity index (χ2v) is 5.75. The Morgan fingerprint density at radius 1 is 1.33 bits per heavy atom. The number of alkyl halides is 1. The molecule has 18 heavy (non-hydrogen) atoms. The first-order valence-corrected chi connectivity index (χ1v) is 7.12. The lowest BCUT2D eigenvalue weighted by Crippen LogP contribution is -2.02. The van der Waals surface area contributed by atoms with Crippen LogP contribution >= 0.6 is 15.9 Å². The molecule has 0 aliphatic heterocycles. The minimum atomic E-state index is 0.296. The number of halogens is 1. The third-order valence-electron chi connectivity index (χ3n) is 3.07. The highest BCUT2D eigenvalue weighted by molar-refractivity contribution is 9.09. The average Bonchev–Trinajstić information content (AvgIpc) is 2.81. The number of benzene rings is 1. The number of aromatic nitrogens is 3. The van der Waals surface area contributed by atoms with Gasteiger partial charge < -0.3 is 0 Å². The Hall–Kier alpha value is -1.16. The van der Waals surface area contributed by atoms with E-state index in [-0.39, 0.29) is 0 Å². The predicted octanol–water partition coefficient (Wildman–Crippen LogP) is 3.79. The molecule has 0 amide bonds. The van der Waals surface area contributed by atoms with Crippen LogP contribution in [0.15, 0.2) is 24.4 Å². The summed E-state index contributed by atoms with van der Waals surface area (Å²) in [6.45, 7) is 7.15. The van der Waals surface area contributed by atoms with E-state index in [2.05, 4.69) is 65.2 Å². The molecule has 0 radical (unpaired) electrons. The van der Waals surface area contributed by atoms with Gasteiger partial charge in [-0.25, -0.2) is 4.68 Å². The van der Waals surface area contributed by atoms with Gasteiger partial charge in [-0.2, -0.15) is 0 Å². The molecular formula is C14H18BrN3. The molecule has 1 unspecified atom stereocenters. The van der Waals surface area contributed by atoms with Crippen molar-refractivity contribution in [2.24, 2.45) is 0 Å². The summed E-state index contributed by atoms with van der Waals surface area (Å²) in [6, 6.07) is 6.50. The summed E-state index contributed by atoms with van der Waals surface area (Å²) in [5.41, 5.74) is 4.88. The Bertz CT molecular complexity index is 534. The molecule has 0 fully saturated rings. The third kappa shape index (κ3) is 2.99. The highest BCUT2D eigenvalue weighted by Crippen LogP contribution is 2.23. The zero-order chi connectivity index (χ0) is 13.1. The van der Waals surface area contributed by atoms with E-state index in [0.717, 1.165) is 18.7 Å². The molecule has 1 atom stereocenters. The lowest BCUT2D eigenvalue weighted by atomic mass is 10.1. The van der Waals surface area contributed by atoms with Crippen molar-refractivity contribution in [1.29, 1.82) is 0 Å². The largest absolute Gasteiger partial charge is 0.248 e. The molecule has 4 heteroatoms. The van der Waals surface area contributed by atoms with Crippen molar-refractivity contribution < 1.29 is 0 Å². The second-order valence-electron chi connectivity index (χ2n) is 4.65. The molecule has 1 aromatic heterocycles. The van der Waals surface area contributed by atoms with Crippen molar-refractivity contribution in [1.82, 2.24) is 15.0 Å². The molecule has 2 aromatic rings. The van der Waals surface area contributed by atoms with Crippen molar-refractivity contribution in [2.75, 3.05) is 0 Å². The minimum absolute atomic E-state index is 0.296. The maximum absolute atomic E-state index is 4.20. The van der Waals surface area contributed by atoms with Gasteiger partial charge in [-0.15, -0.1) is 5.10 Å². The molecule has 0 aliphatic carbocycles. The van der Waals surface area contributed by atoms with Crippen molar-refractivity contribution >= 4 is 15.9 Å². The lowest BCUT2D eigenvalue weighted by Gasteiger charge is -2.06. The molecule has 96 valence electrons. The smallest absolute Gasteiger partial charge is 0.0963 e. The van der Waals surface area contributed by atoms with Gasteiger partial charge in [0.2, 0.25) is 0 Å². The summed E-state index contributed by atoms with van der Waals surface area (Å²) in [4.78, 5) is 0.296. The van der Waals surface area contributed by atoms with Gasteiger partial charge in [-0.1, -0.05) is 51.8 Å². The summed E-state index contributed by atoms with van der Waals surface area (Å²) in [5, 5.41) is 8.39. The molecule has 0 bridgehead atoms. The number of aryl methyl sites for hydroxylation is 2. The van der Waals surface area contributed by atoms with E-state index in [4.69, 9.17) is 0 Å². The fourth-order valence-electron chi connectivity index (χ4n) is 1.89. The molecule has 0 saturated carbocycles. The monoisotopic (exact) mass is 307 g/mol. The molecular weight excluding hydrogens is 290 g/mol. The Kier molecular flexibility index (Phi) is 4.17. The van der Waals surface area contributed by atoms with Gasteiger partial charge in [0.1, 0.15) is 0 Å². The summed E-state index contributed by atoms with van der Waals surface area (Å²) in [6.07, 6.45) is 3.03. The van der Waals surface area contributed by atoms with Crippen LogP contribution in [0.25, 0.3) is 0 Å². The molecule has 0 spiro atoms. The molecule has 3 nitrogen and oxygen atoms in total. The van der Waals surface area contributed by atoms with E-state index in [0.29, 0.717) is 4.83 Å². The van der Waals surface area contributed by atoms with Gasteiger partial charge in [-0.05, 0) is 31.4 Å². The van der Waals surface area contributed by atoms with E-state index >= 15 is 0 Å². The first-order valence-electron chi connectivity index (χ1n) is 6.20. The number of hydrogen-bond acceptors (Lipinski definition) is 2. The lowest BCUT2D eigenvalue weighted by molar-refractivity contribution is 0.646. The van der Waals surface area contributed by atoms with Crippen LogP contribution in [0, 0.1) is 13.8 Å². The minimum Gasteiger partial charge on any atom is -0.248 e. The number of nitrogens with zero attached hydrogens (tertiary/aromatic N) is 3. The highest BCUT2D eigenvalue weighted by Gasteiger charge is 2.10. The quantitative estimate of drug-likeness (QED) is 0.805. The van der Waals surface area contributed by atoms with Crippen molar-refractivity contribution in [3.05, 3.63) is 46.8 Å². The van der Waals surface area contributed by atoms with Gasteiger partial charge in [0, 0.05) is 6.20 Å². The highest BCUT2D eigenvalue weighted by atomic mass is 79.9. The van der Waals surface area contributed by atoms with Crippen molar-refractivity contribution in [3.8, 4) is 0 Å².